The Labute approximate surface area is 511 Å². The van der Waals surface area contributed by atoms with Gasteiger partial charge >= 0.3 is 0 Å². The van der Waals surface area contributed by atoms with Crippen molar-refractivity contribution in [1.29, 1.82) is 0 Å². The zero-order valence-electron chi connectivity index (χ0n) is 52.6. The molecule has 0 N–H and O–H groups in total. The molecule has 85 heavy (non-hydrogen) atoms. The molecular formula is C80H82BN3S. The molecule has 426 valence electrons. The summed E-state index contributed by atoms with van der Waals surface area (Å²) in [6.07, 6.45) is 4.61. The Hall–Kier alpha value is -7.60. The summed E-state index contributed by atoms with van der Waals surface area (Å²) >= 11 is 2.01. The Morgan fingerprint density at radius 3 is 1.39 bits per heavy atom. The molecule has 2 aliphatic heterocycles. The predicted octanol–water partition coefficient (Wildman–Crippen LogP) is 21.1. The molecule has 5 heteroatoms. The van der Waals surface area contributed by atoms with E-state index >= 15 is 0 Å². The lowest BCUT2D eigenvalue weighted by molar-refractivity contribution is 0.332. The third-order valence-corrected chi connectivity index (χ3v) is 21.5. The highest BCUT2D eigenvalue weighted by Crippen LogP contribution is 2.55. The standard InChI is InChI=1S/C80H82BN3S/c1-75(2,3)55-29-36-59(37-30-55)84-70-48-61(82(57-32-25-53(26-33-57)51-21-17-15-18-22-51)58-34-27-54(28-35-58)52-23-19-16-20-24-52)47-69-72(70)81(74-73(84)62-45-56(76(4,5)6)31-40-71(62)85-74)67-49-65-66(80(13,14)44-43-79(65,11)12)50-68(67)83(69)60-38-39-63-64(46-60)78(9,10)42-41-77(63,7)8/h15-40,45-50H,41-44H2,1-14H3. The van der Waals surface area contributed by atoms with Gasteiger partial charge in [-0.2, -0.15) is 0 Å². The minimum atomic E-state index is -0.0459. The molecule has 4 aliphatic rings. The van der Waals surface area contributed by atoms with Crippen LogP contribution in [-0.2, 0) is 32.5 Å². The lowest BCUT2D eigenvalue weighted by atomic mass is 9.35. The van der Waals surface area contributed by atoms with Gasteiger partial charge in [0.05, 0.1) is 11.4 Å². The summed E-state index contributed by atoms with van der Waals surface area (Å²) < 4.78 is 2.74. The lowest BCUT2D eigenvalue weighted by Gasteiger charge is -2.48. The van der Waals surface area contributed by atoms with E-state index in [-0.39, 0.29) is 39.2 Å². The monoisotopic (exact) mass is 1130 g/mol. The fourth-order valence-corrected chi connectivity index (χ4v) is 16.1. The van der Waals surface area contributed by atoms with Crippen LogP contribution in [0.25, 0.3) is 32.3 Å². The number of hydrogen-bond acceptors (Lipinski definition) is 4. The van der Waals surface area contributed by atoms with Crippen molar-refractivity contribution in [3.05, 3.63) is 228 Å². The van der Waals surface area contributed by atoms with E-state index in [4.69, 9.17) is 0 Å². The highest BCUT2D eigenvalue weighted by Gasteiger charge is 2.49. The summed E-state index contributed by atoms with van der Waals surface area (Å²) in [6, 6.07) is 75.2. The number of anilines is 9. The maximum absolute atomic E-state index is 2.73. The van der Waals surface area contributed by atoms with Gasteiger partial charge in [0.1, 0.15) is 0 Å². The summed E-state index contributed by atoms with van der Waals surface area (Å²) in [4.78, 5) is 7.95. The zero-order valence-corrected chi connectivity index (χ0v) is 53.4. The minimum absolute atomic E-state index is 0.00578. The zero-order chi connectivity index (χ0) is 59.3. The molecule has 0 saturated heterocycles. The van der Waals surface area contributed by atoms with Crippen molar-refractivity contribution in [2.45, 2.75) is 155 Å². The van der Waals surface area contributed by atoms with Gasteiger partial charge in [-0.1, -0.05) is 212 Å². The van der Waals surface area contributed by atoms with Crippen molar-refractivity contribution in [1.82, 2.24) is 0 Å². The van der Waals surface area contributed by atoms with Gasteiger partial charge in [-0.3, -0.25) is 0 Å². The van der Waals surface area contributed by atoms with E-state index in [9.17, 15) is 0 Å². The molecule has 0 spiro atoms. The topological polar surface area (TPSA) is 9.72 Å². The van der Waals surface area contributed by atoms with Gasteiger partial charge in [0.15, 0.2) is 0 Å². The molecule has 3 nitrogen and oxygen atoms in total. The van der Waals surface area contributed by atoms with E-state index in [1.54, 1.807) is 0 Å². The molecule has 0 radical (unpaired) electrons. The van der Waals surface area contributed by atoms with Gasteiger partial charge in [-0.05, 0) is 204 Å². The van der Waals surface area contributed by atoms with E-state index in [1.807, 2.05) is 11.3 Å². The van der Waals surface area contributed by atoms with Gasteiger partial charge in [0.2, 0.25) is 0 Å². The Balaban J connectivity index is 1.12. The van der Waals surface area contributed by atoms with Crippen molar-refractivity contribution >= 4 is 95.0 Å². The first-order valence-corrected chi connectivity index (χ1v) is 32.1. The minimum Gasteiger partial charge on any atom is -0.311 e. The van der Waals surface area contributed by atoms with E-state index < -0.39 is 0 Å². The van der Waals surface area contributed by atoms with Gasteiger partial charge in [0.25, 0.3) is 6.71 Å². The van der Waals surface area contributed by atoms with Crippen LogP contribution in [0.4, 0.5) is 51.2 Å². The molecule has 1 aromatic heterocycles. The number of rotatable bonds is 7. The fourth-order valence-electron chi connectivity index (χ4n) is 14.8. The second kappa shape index (κ2) is 19.5. The second-order valence-electron chi connectivity index (χ2n) is 30.0. The van der Waals surface area contributed by atoms with E-state index in [1.165, 1.54) is 122 Å². The fraction of sp³-hybridized carbons (Fsp3) is 0.300. The molecular weight excluding hydrogens is 1050 g/mol. The Bertz CT molecular complexity index is 4160. The highest BCUT2D eigenvalue weighted by molar-refractivity contribution is 7.33. The molecule has 0 saturated carbocycles. The molecule has 0 fully saturated rings. The van der Waals surface area contributed by atoms with Crippen LogP contribution in [0.15, 0.2) is 194 Å². The van der Waals surface area contributed by atoms with Gasteiger partial charge < -0.3 is 14.7 Å². The van der Waals surface area contributed by atoms with E-state index in [2.05, 4.69) is 306 Å². The maximum Gasteiger partial charge on any atom is 0.264 e. The first kappa shape index (κ1) is 55.3. The van der Waals surface area contributed by atoms with Crippen LogP contribution in [0.5, 0.6) is 0 Å². The predicted molar refractivity (Wildman–Crippen MR) is 369 cm³/mol. The summed E-state index contributed by atoms with van der Waals surface area (Å²) in [5.41, 5.74) is 26.9. The van der Waals surface area contributed by atoms with Crippen molar-refractivity contribution in [2.24, 2.45) is 0 Å². The summed E-state index contributed by atoms with van der Waals surface area (Å²) in [7, 11) is 0. The third-order valence-electron chi connectivity index (χ3n) is 20.3. The SMILES string of the molecule is CC(C)(C)c1ccc(N2c3cc(N(c4ccc(-c5ccccc5)cc4)c4ccc(-c5ccccc5)cc4)cc4c3B(c3cc5c(cc3N4c3ccc4c(c3)C(C)(C)CCC4(C)C)C(C)(C)CCC5(C)C)c3sc4ccc(C(C)(C)C)cc4c32)cc1. The molecule has 0 atom stereocenters. The number of nitrogens with zero attached hydrogens (tertiary/aromatic N) is 3. The molecule has 9 aromatic carbocycles. The van der Waals surface area contributed by atoms with Gasteiger partial charge in [-0.25, -0.2) is 0 Å². The molecule has 0 unspecified atom stereocenters. The normalized spacial score (nSPS) is 16.9. The molecule has 2 aliphatic carbocycles. The van der Waals surface area contributed by atoms with Gasteiger partial charge in [0, 0.05) is 54.7 Å². The molecule has 0 amide bonds. The van der Waals surface area contributed by atoms with Gasteiger partial charge in [-0.15, -0.1) is 11.3 Å². The molecule has 14 rings (SSSR count). The average Bonchev–Trinajstić information content (AvgIpc) is 1.94. The van der Waals surface area contributed by atoms with Crippen molar-refractivity contribution in [3.8, 4) is 22.3 Å². The first-order valence-electron chi connectivity index (χ1n) is 31.3. The second-order valence-corrected chi connectivity index (χ2v) is 31.0. The maximum atomic E-state index is 2.73. The molecule has 10 aromatic rings. The Morgan fingerprint density at radius 2 is 0.859 bits per heavy atom. The average molecular weight is 1130 g/mol. The van der Waals surface area contributed by atoms with Crippen LogP contribution in [0.2, 0.25) is 0 Å². The smallest absolute Gasteiger partial charge is 0.264 e. The van der Waals surface area contributed by atoms with Crippen LogP contribution in [0.3, 0.4) is 0 Å². The first-order chi connectivity index (χ1) is 40.4. The molecule has 3 heterocycles. The number of thiophene rings is 1. The Kier molecular flexibility index (Phi) is 12.7. The largest absolute Gasteiger partial charge is 0.311 e. The van der Waals surface area contributed by atoms with Crippen LogP contribution >= 0.6 is 11.3 Å². The van der Waals surface area contributed by atoms with Crippen molar-refractivity contribution in [3.63, 3.8) is 0 Å². The van der Waals surface area contributed by atoms with Crippen molar-refractivity contribution < 1.29 is 0 Å². The van der Waals surface area contributed by atoms with Crippen LogP contribution in [0, 0.1) is 0 Å². The Morgan fingerprint density at radius 1 is 0.400 bits per heavy atom. The van der Waals surface area contributed by atoms with E-state index in [0.29, 0.717) is 0 Å². The third kappa shape index (κ3) is 9.20. The summed E-state index contributed by atoms with van der Waals surface area (Å²) in [6.45, 7) is 33.9. The van der Waals surface area contributed by atoms with E-state index in [0.717, 1.165) is 36.3 Å². The highest BCUT2D eigenvalue weighted by atomic mass is 32.1. The van der Waals surface area contributed by atoms with Crippen LogP contribution < -0.4 is 30.4 Å². The van der Waals surface area contributed by atoms with Crippen LogP contribution in [0.1, 0.15) is 156 Å². The quantitative estimate of drug-likeness (QED) is 0.147. The number of fused-ring (bicyclic) bond motifs is 8. The molecule has 0 bridgehead atoms. The van der Waals surface area contributed by atoms with Crippen molar-refractivity contribution in [2.75, 3.05) is 14.7 Å². The summed E-state index contributed by atoms with van der Waals surface area (Å²) in [5, 5.41) is 1.32. The summed E-state index contributed by atoms with van der Waals surface area (Å²) in [5.74, 6) is 0. The number of hydrogen-bond donors (Lipinski definition) is 0. The number of benzene rings is 9. The van der Waals surface area contributed by atoms with Crippen LogP contribution in [-0.4, -0.2) is 6.71 Å². The lowest BCUT2D eigenvalue weighted by Crippen LogP contribution is -2.61.